The van der Waals surface area contributed by atoms with E-state index in [-0.39, 0.29) is 46.9 Å². The Labute approximate surface area is 164 Å². The number of aliphatic hydroxyl groups is 3. The molecule has 0 aliphatic carbocycles. The number of halogens is 1. The van der Waals surface area contributed by atoms with E-state index >= 15 is 0 Å². The molecule has 3 atom stereocenters. The average molecular weight is 369 g/mol. The number of rotatable bonds is 3. The van der Waals surface area contributed by atoms with Crippen LogP contribution in [-0.2, 0) is 14.4 Å². The zero-order valence-corrected chi connectivity index (χ0v) is 16.3. The van der Waals surface area contributed by atoms with E-state index in [4.69, 9.17) is 20.0 Å². The first kappa shape index (κ1) is 37.9. The molecule has 10 nitrogen and oxygen atoms in total. The van der Waals surface area contributed by atoms with Gasteiger partial charge in [-0.2, -0.15) is 0 Å². The summed E-state index contributed by atoms with van der Waals surface area (Å²) in [5, 5.41) is 51.9. The van der Waals surface area contributed by atoms with Gasteiger partial charge in [0.2, 0.25) is 0 Å². The zero-order valence-electron chi connectivity index (χ0n) is 12.4. The fraction of sp³-hybridized carbons (Fsp3) is 0.667. The van der Waals surface area contributed by atoms with E-state index in [2.05, 4.69) is 11.9 Å². The van der Waals surface area contributed by atoms with Crippen LogP contribution in [0.1, 0.15) is 20.8 Å². The minimum absolute atomic E-state index is 0. The van der Waals surface area contributed by atoms with Crippen LogP contribution in [0.5, 0.6) is 0 Å². The third-order valence-corrected chi connectivity index (χ3v) is 1.02. The number of carbonyl (C=O) groups is 3. The van der Waals surface area contributed by atoms with Gasteiger partial charge in [0, 0.05) is 0 Å². The Bertz CT molecular complexity index is 232. The van der Waals surface area contributed by atoms with Crippen molar-refractivity contribution in [3.05, 3.63) is 0 Å². The summed E-state index contributed by atoms with van der Waals surface area (Å²) in [6.07, 6.45) is -4.03. The summed E-state index contributed by atoms with van der Waals surface area (Å²) in [6, 6.07) is 0. The molecule has 13 heteroatoms. The van der Waals surface area contributed by atoms with E-state index < -0.39 is 36.2 Å². The first-order chi connectivity index (χ1) is 8.93. The van der Waals surface area contributed by atoms with Crippen LogP contribution in [0.15, 0.2) is 0 Å². The van der Waals surface area contributed by atoms with Crippen molar-refractivity contribution in [2.75, 3.05) is 0 Å². The fourth-order valence-electron chi connectivity index (χ4n) is 0. The third kappa shape index (κ3) is 50.1. The van der Waals surface area contributed by atoms with Gasteiger partial charge in [-0.25, -0.2) is 11.9 Å². The molecule has 0 aliphatic rings. The predicted octanol–water partition coefficient (Wildman–Crippen LogP) is -9.53. The summed E-state index contributed by atoms with van der Waals surface area (Å²) in [6.45, 7) is 3.40. The Morgan fingerprint density at radius 1 is 0.727 bits per heavy atom. The summed E-state index contributed by atoms with van der Waals surface area (Å²) >= 11 is 3.39. The number of aliphatic hydroxyl groups excluding tert-OH is 3. The van der Waals surface area contributed by atoms with E-state index in [1.165, 1.54) is 0 Å². The number of carbonyl (C=O) groups excluding carboxylic acids is 3. The molecule has 0 aromatic carbocycles. The van der Waals surface area contributed by atoms with E-state index in [1.807, 2.05) is 0 Å². The molecule has 0 amide bonds. The van der Waals surface area contributed by atoms with Crippen molar-refractivity contribution in [3.63, 3.8) is 0 Å². The first-order valence-corrected chi connectivity index (χ1v) is 5.06. The molecular formula is C9H15AlClNaO10. The average Bonchev–Trinajstić information content (AvgIpc) is 2.32. The maximum atomic E-state index is 9.34. The fourth-order valence-corrected chi connectivity index (χ4v) is 0. The van der Waals surface area contributed by atoms with Crippen LogP contribution in [0.3, 0.4) is 0 Å². The second-order valence-corrected chi connectivity index (χ2v) is 2.99. The predicted molar refractivity (Wildman–Crippen MR) is 61.7 cm³/mol. The molecule has 0 aromatic heterocycles. The molecule has 0 saturated heterocycles. The Hall–Kier alpha value is 0.0725. The smallest absolute Gasteiger partial charge is 0.769 e. The largest absolute Gasteiger partial charge is 3.00 e. The van der Waals surface area contributed by atoms with Gasteiger partial charge in [0.15, 0.2) is 0 Å². The van der Waals surface area contributed by atoms with E-state index in [0.717, 1.165) is 20.8 Å². The maximum absolute atomic E-state index is 9.34. The minimum Gasteiger partial charge on any atom is -0.769 e. The first-order valence-electron chi connectivity index (χ1n) is 4.75. The molecule has 0 saturated carbocycles. The van der Waals surface area contributed by atoms with Crippen molar-refractivity contribution in [2.24, 2.45) is 0 Å². The normalized spacial score (nSPS) is 11.5. The summed E-state index contributed by atoms with van der Waals surface area (Å²) in [4.78, 5) is 28.0. The molecule has 0 rings (SSSR count). The third-order valence-electron chi connectivity index (χ3n) is 1.02. The van der Waals surface area contributed by atoms with Crippen molar-refractivity contribution in [3.8, 4) is 0 Å². The van der Waals surface area contributed by atoms with Gasteiger partial charge in [0.1, 0.15) is 0 Å². The minimum atomic E-state index is -1.44. The van der Waals surface area contributed by atoms with E-state index in [0.29, 0.717) is 0 Å². The molecule has 3 unspecified atom stereocenters. The molecular weight excluding hydrogens is 354 g/mol. The van der Waals surface area contributed by atoms with Gasteiger partial charge in [-0.15, -0.1) is 0 Å². The van der Waals surface area contributed by atoms with Gasteiger partial charge >= 0.3 is 46.9 Å². The molecule has 3 N–H and O–H groups in total. The number of carboxylic acids is 3. The molecule has 0 bridgehead atoms. The SMILES string of the molecule is CC(O)C(=O)[O-].CC(O)C(=O)[O-].CC(O)C(=O)[O-].[Al+3].[Na+].[O-]Cl. The molecule has 0 aliphatic heterocycles. The summed E-state index contributed by atoms with van der Waals surface area (Å²) in [7, 11) is 0. The number of carboxylic acid groups (broad SMARTS) is 3. The Morgan fingerprint density at radius 2 is 0.773 bits per heavy atom. The maximum Gasteiger partial charge on any atom is 3.00 e. The molecule has 0 fully saturated rings. The second-order valence-electron chi connectivity index (χ2n) is 2.99. The van der Waals surface area contributed by atoms with Crippen LogP contribution in [0.25, 0.3) is 0 Å². The Morgan fingerprint density at radius 3 is 0.773 bits per heavy atom. The molecule has 22 heavy (non-hydrogen) atoms. The van der Waals surface area contributed by atoms with Crippen LogP contribution < -0.4 is 49.5 Å². The molecule has 122 valence electrons. The summed E-state index contributed by atoms with van der Waals surface area (Å²) in [5.74, 6) is -4.31. The van der Waals surface area contributed by atoms with Crippen molar-refractivity contribution in [1.82, 2.24) is 0 Å². The van der Waals surface area contributed by atoms with Crippen molar-refractivity contribution >= 4 is 47.1 Å². The van der Waals surface area contributed by atoms with Crippen LogP contribution in [0.4, 0.5) is 0 Å². The second kappa shape index (κ2) is 26.0. The monoisotopic (exact) mass is 368 g/mol. The van der Waals surface area contributed by atoms with E-state index in [1.54, 1.807) is 0 Å². The van der Waals surface area contributed by atoms with Crippen molar-refractivity contribution in [1.29, 1.82) is 0 Å². The molecule has 0 heterocycles. The quantitative estimate of drug-likeness (QED) is 0.401. The van der Waals surface area contributed by atoms with Crippen LogP contribution in [-0.4, -0.2) is 68.9 Å². The molecule has 0 aromatic rings. The Balaban J connectivity index is -0.0000000395. The van der Waals surface area contributed by atoms with Gasteiger partial charge in [0.05, 0.1) is 36.2 Å². The molecule has 0 spiro atoms. The number of hydrogen-bond acceptors (Lipinski definition) is 10. The number of aliphatic carboxylic acids is 3. The van der Waals surface area contributed by atoms with Crippen LogP contribution in [0, 0.1) is 0 Å². The molecule has 0 radical (unpaired) electrons. The van der Waals surface area contributed by atoms with Gasteiger partial charge in [-0.1, -0.05) is 0 Å². The standard InChI is InChI=1S/3C3H6O3.Al.ClO.Na/c3*1-2(4)3(5)6;;1-2;/h3*2,4H,1H3,(H,5,6);;;/q;;;+3;-1;+1/p-3. The zero-order chi connectivity index (χ0) is 17.5. The van der Waals surface area contributed by atoms with Crippen molar-refractivity contribution < 1.29 is 79.2 Å². The van der Waals surface area contributed by atoms with Gasteiger partial charge < -0.3 is 49.7 Å². The van der Waals surface area contributed by atoms with E-state index in [9.17, 15) is 29.7 Å². The van der Waals surface area contributed by atoms with Gasteiger partial charge in [-0.05, 0) is 20.8 Å². The Kier molecular flexibility index (Phi) is 44.8. The van der Waals surface area contributed by atoms with Crippen LogP contribution >= 0.6 is 11.9 Å². The van der Waals surface area contributed by atoms with Gasteiger partial charge in [0.25, 0.3) is 0 Å². The summed E-state index contributed by atoms with van der Waals surface area (Å²) in [5.41, 5.74) is 0. The number of hydrogen-bond donors (Lipinski definition) is 3. The summed E-state index contributed by atoms with van der Waals surface area (Å²) < 4.78 is 7.72. The van der Waals surface area contributed by atoms with Crippen LogP contribution in [0.2, 0.25) is 0 Å². The van der Waals surface area contributed by atoms with Crippen molar-refractivity contribution in [2.45, 2.75) is 39.1 Å². The van der Waals surface area contributed by atoms with Gasteiger partial charge in [-0.3, -0.25) is 0 Å². The topological polar surface area (TPSA) is 204 Å².